The van der Waals surface area contributed by atoms with E-state index in [0.29, 0.717) is 11.8 Å². The summed E-state index contributed by atoms with van der Waals surface area (Å²) < 4.78 is 0. The minimum absolute atomic E-state index is 0.0804. The molecule has 3 saturated carbocycles. The third-order valence-corrected chi connectivity index (χ3v) is 5.13. The van der Waals surface area contributed by atoms with Crippen LogP contribution >= 0.6 is 0 Å². The van der Waals surface area contributed by atoms with Gasteiger partial charge in [-0.05, 0) is 42.9 Å². The standard InChI is InChI=1S/C13H22O/c14-13-11-7-6-10(8-11)12(13)9-4-2-1-3-5-9/h9-14H,1-8H2/t10-,11+,12-,13+/m0/s1. The Bertz CT molecular complexity index is 205. The van der Waals surface area contributed by atoms with Crippen molar-refractivity contribution in [1.82, 2.24) is 0 Å². The van der Waals surface area contributed by atoms with Gasteiger partial charge in [0.25, 0.3) is 0 Å². The summed E-state index contributed by atoms with van der Waals surface area (Å²) >= 11 is 0. The Morgan fingerprint density at radius 1 is 0.714 bits per heavy atom. The second-order valence-electron chi connectivity index (χ2n) is 5.80. The molecule has 80 valence electrons. The molecule has 4 atom stereocenters. The highest BCUT2D eigenvalue weighted by Gasteiger charge is 2.49. The second kappa shape index (κ2) is 3.52. The summed E-state index contributed by atoms with van der Waals surface area (Å²) in [6.45, 7) is 0. The molecule has 0 aromatic heterocycles. The summed E-state index contributed by atoms with van der Waals surface area (Å²) in [7, 11) is 0. The SMILES string of the molecule is O[C@@H]1[C@@H]2CC[C@@H](C2)[C@@H]1C1CCCCC1. The molecule has 0 unspecified atom stereocenters. The predicted molar refractivity (Wildman–Crippen MR) is 56.9 cm³/mol. The Labute approximate surface area is 86.9 Å². The van der Waals surface area contributed by atoms with Crippen molar-refractivity contribution in [3.05, 3.63) is 0 Å². The van der Waals surface area contributed by atoms with E-state index in [1.807, 2.05) is 0 Å². The quantitative estimate of drug-likeness (QED) is 0.680. The minimum Gasteiger partial charge on any atom is -0.393 e. The number of rotatable bonds is 1. The topological polar surface area (TPSA) is 20.2 Å². The van der Waals surface area contributed by atoms with Crippen LogP contribution in [0.5, 0.6) is 0 Å². The Kier molecular flexibility index (Phi) is 2.31. The van der Waals surface area contributed by atoms with Crippen LogP contribution in [0.15, 0.2) is 0 Å². The van der Waals surface area contributed by atoms with E-state index >= 15 is 0 Å². The normalized spacial score (nSPS) is 48.6. The first-order chi connectivity index (χ1) is 6.86. The fourth-order valence-corrected chi connectivity index (χ4v) is 4.49. The number of aliphatic hydroxyl groups is 1. The lowest BCUT2D eigenvalue weighted by atomic mass is 9.71. The van der Waals surface area contributed by atoms with Crippen LogP contribution in [0.1, 0.15) is 51.4 Å². The molecule has 3 aliphatic rings. The summed E-state index contributed by atoms with van der Waals surface area (Å²) in [5.74, 6) is 3.17. The van der Waals surface area contributed by atoms with Crippen molar-refractivity contribution < 1.29 is 5.11 Å². The Morgan fingerprint density at radius 3 is 2.07 bits per heavy atom. The van der Waals surface area contributed by atoms with Gasteiger partial charge in [0.15, 0.2) is 0 Å². The summed E-state index contributed by atoms with van der Waals surface area (Å²) in [5, 5.41) is 10.2. The first-order valence-electron chi connectivity index (χ1n) is 6.54. The van der Waals surface area contributed by atoms with E-state index in [-0.39, 0.29) is 6.10 Å². The van der Waals surface area contributed by atoms with Gasteiger partial charge < -0.3 is 5.11 Å². The van der Waals surface area contributed by atoms with Crippen LogP contribution in [0.2, 0.25) is 0 Å². The summed E-state index contributed by atoms with van der Waals surface area (Å²) in [4.78, 5) is 0. The molecule has 1 N–H and O–H groups in total. The fraction of sp³-hybridized carbons (Fsp3) is 1.00. The van der Waals surface area contributed by atoms with Crippen molar-refractivity contribution in [3.8, 4) is 0 Å². The molecule has 3 rings (SSSR count). The zero-order chi connectivity index (χ0) is 9.54. The maximum Gasteiger partial charge on any atom is 0.0601 e. The maximum atomic E-state index is 10.2. The van der Waals surface area contributed by atoms with Gasteiger partial charge in [-0.1, -0.05) is 32.1 Å². The van der Waals surface area contributed by atoms with Crippen molar-refractivity contribution in [1.29, 1.82) is 0 Å². The highest BCUT2D eigenvalue weighted by atomic mass is 16.3. The third-order valence-electron chi connectivity index (χ3n) is 5.13. The van der Waals surface area contributed by atoms with Gasteiger partial charge in [0, 0.05) is 0 Å². The molecule has 0 saturated heterocycles. The van der Waals surface area contributed by atoms with Crippen LogP contribution in [0.25, 0.3) is 0 Å². The molecule has 0 heterocycles. The molecule has 0 aromatic carbocycles. The Balaban J connectivity index is 1.71. The van der Waals surface area contributed by atoms with Crippen molar-refractivity contribution in [2.24, 2.45) is 23.7 Å². The lowest BCUT2D eigenvalue weighted by Gasteiger charge is -2.36. The third kappa shape index (κ3) is 1.32. The summed E-state index contributed by atoms with van der Waals surface area (Å²) in [5.41, 5.74) is 0. The molecule has 0 aromatic rings. The van der Waals surface area contributed by atoms with Gasteiger partial charge in [0.05, 0.1) is 6.10 Å². The molecule has 0 spiro atoms. The van der Waals surface area contributed by atoms with E-state index in [1.54, 1.807) is 0 Å². The van der Waals surface area contributed by atoms with Crippen molar-refractivity contribution in [2.45, 2.75) is 57.5 Å². The van der Waals surface area contributed by atoms with Crippen molar-refractivity contribution in [2.75, 3.05) is 0 Å². The van der Waals surface area contributed by atoms with Crippen LogP contribution in [-0.2, 0) is 0 Å². The predicted octanol–water partition coefficient (Wildman–Crippen LogP) is 2.97. The van der Waals surface area contributed by atoms with Gasteiger partial charge >= 0.3 is 0 Å². The van der Waals surface area contributed by atoms with E-state index in [0.717, 1.165) is 11.8 Å². The molecule has 0 amide bonds. The van der Waals surface area contributed by atoms with E-state index in [2.05, 4.69) is 0 Å². The van der Waals surface area contributed by atoms with Gasteiger partial charge in [0.1, 0.15) is 0 Å². The highest BCUT2D eigenvalue weighted by molar-refractivity contribution is 4.99. The second-order valence-corrected chi connectivity index (χ2v) is 5.80. The molecular weight excluding hydrogens is 172 g/mol. The average Bonchev–Trinajstić information content (AvgIpc) is 2.79. The van der Waals surface area contributed by atoms with Gasteiger partial charge in [-0.15, -0.1) is 0 Å². The van der Waals surface area contributed by atoms with Crippen molar-refractivity contribution >= 4 is 0 Å². The first kappa shape index (κ1) is 9.21. The molecule has 0 radical (unpaired) electrons. The van der Waals surface area contributed by atoms with Crippen LogP contribution < -0.4 is 0 Å². The largest absolute Gasteiger partial charge is 0.393 e. The number of aliphatic hydroxyl groups excluding tert-OH is 1. The average molecular weight is 194 g/mol. The van der Waals surface area contributed by atoms with E-state index in [4.69, 9.17) is 0 Å². The van der Waals surface area contributed by atoms with E-state index in [1.165, 1.54) is 51.4 Å². The number of hydrogen-bond acceptors (Lipinski definition) is 1. The zero-order valence-electron chi connectivity index (χ0n) is 8.99. The summed E-state index contributed by atoms with van der Waals surface area (Å²) in [6, 6.07) is 0. The smallest absolute Gasteiger partial charge is 0.0601 e. The van der Waals surface area contributed by atoms with Crippen LogP contribution in [0, 0.1) is 23.7 Å². The van der Waals surface area contributed by atoms with Crippen LogP contribution in [0.3, 0.4) is 0 Å². The zero-order valence-corrected chi connectivity index (χ0v) is 8.99. The molecule has 14 heavy (non-hydrogen) atoms. The molecule has 2 bridgehead atoms. The van der Waals surface area contributed by atoms with Crippen molar-refractivity contribution in [3.63, 3.8) is 0 Å². The first-order valence-corrected chi connectivity index (χ1v) is 6.54. The number of hydrogen-bond donors (Lipinski definition) is 1. The lowest BCUT2D eigenvalue weighted by molar-refractivity contribution is 0.0174. The molecule has 1 heteroatoms. The van der Waals surface area contributed by atoms with Gasteiger partial charge in [-0.3, -0.25) is 0 Å². The van der Waals surface area contributed by atoms with Crippen LogP contribution in [-0.4, -0.2) is 11.2 Å². The fourth-order valence-electron chi connectivity index (χ4n) is 4.49. The molecule has 3 aliphatic carbocycles. The van der Waals surface area contributed by atoms with E-state index < -0.39 is 0 Å². The number of fused-ring (bicyclic) bond motifs is 2. The minimum atomic E-state index is 0.0804. The van der Waals surface area contributed by atoms with E-state index in [9.17, 15) is 5.11 Å². The van der Waals surface area contributed by atoms with Crippen LogP contribution in [0.4, 0.5) is 0 Å². The van der Waals surface area contributed by atoms with Gasteiger partial charge in [-0.25, -0.2) is 0 Å². The molecule has 1 nitrogen and oxygen atoms in total. The molecule has 0 aliphatic heterocycles. The maximum absolute atomic E-state index is 10.2. The highest BCUT2D eigenvalue weighted by Crippen LogP contribution is 2.53. The van der Waals surface area contributed by atoms with Gasteiger partial charge in [-0.2, -0.15) is 0 Å². The Morgan fingerprint density at radius 2 is 1.43 bits per heavy atom. The summed E-state index contributed by atoms with van der Waals surface area (Å²) in [6.07, 6.45) is 11.3. The molecule has 3 fully saturated rings. The Hall–Kier alpha value is -0.0400. The molecular formula is C13H22O. The lowest BCUT2D eigenvalue weighted by Crippen LogP contribution is -2.34. The van der Waals surface area contributed by atoms with Gasteiger partial charge in [0.2, 0.25) is 0 Å². The monoisotopic (exact) mass is 194 g/mol.